The Morgan fingerprint density at radius 1 is 1.18 bits per heavy atom. The first kappa shape index (κ1) is 19.5. The molecule has 4 aliphatic carbocycles. The van der Waals surface area contributed by atoms with Crippen LogP contribution in [0.3, 0.4) is 0 Å². The minimum atomic E-state index is -0.0704. The number of hydrogen-bond donors (Lipinski definition) is 2. The molecule has 3 nitrogen and oxygen atoms in total. The van der Waals surface area contributed by atoms with Crippen molar-refractivity contribution in [3.05, 3.63) is 35.4 Å². The molecule has 3 heteroatoms. The lowest BCUT2D eigenvalue weighted by molar-refractivity contribution is -0.151. The fraction of sp³-hybridized carbons (Fsp3) is 0.640. The van der Waals surface area contributed by atoms with Crippen molar-refractivity contribution >= 4 is 5.78 Å². The SMILES string of the molecule is CCCC/C=C\C1(c2cc(O)c([C@@H]3CC(=O)[C@@H]4C[C@H]3C4(C)C)c(O)c2)CCC1. The zero-order valence-electron chi connectivity index (χ0n) is 17.5. The summed E-state index contributed by atoms with van der Waals surface area (Å²) in [6.07, 6.45) is 12.7. The predicted molar refractivity (Wildman–Crippen MR) is 112 cm³/mol. The van der Waals surface area contributed by atoms with E-state index in [0.29, 0.717) is 17.9 Å². The summed E-state index contributed by atoms with van der Waals surface area (Å²) in [6, 6.07) is 3.72. The molecular weight excluding hydrogens is 348 g/mol. The summed E-state index contributed by atoms with van der Waals surface area (Å²) in [7, 11) is 0. The molecule has 0 saturated heterocycles. The first-order valence-electron chi connectivity index (χ1n) is 11.1. The van der Waals surface area contributed by atoms with Crippen LogP contribution in [0.4, 0.5) is 0 Å². The molecule has 0 amide bonds. The van der Waals surface area contributed by atoms with Crippen molar-refractivity contribution in [2.45, 2.75) is 83.5 Å². The van der Waals surface area contributed by atoms with E-state index in [2.05, 4.69) is 32.9 Å². The highest BCUT2D eigenvalue weighted by Crippen LogP contribution is 2.64. The number of fused-ring (bicyclic) bond motifs is 2. The molecule has 4 fully saturated rings. The molecule has 5 rings (SSSR count). The maximum atomic E-state index is 12.5. The van der Waals surface area contributed by atoms with E-state index in [1.165, 1.54) is 19.3 Å². The molecule has 1 aromatic carbocycles. The standard InChI is InChI=1S/C25H34O3/c1-4-5-6-7-9-25(10-8-11-25)16-12-21(27)23(22(28)13-16)17-14-20(26)19-15-18(17)24(19,2)3/h7,9,12-13,17-19,27-28H,4-6,8,10-11,14-15H2,1-3H3/b9-7-/t17-,18-,19+/m1/s1. The van der Waals surface area contributed by atoms with Gasteiger partial charge in [-0.1, -0.05) is 52.2 Å². The molecular formula is C25H34O3. The number of benzene rings is 1. The molecule has 3 atom stereocenters. The summed E-state index contributed by atoms with van der Waals surface area (Å²) in [5.74, 6) is 1.06. The molecule has 1 aromatic rings. The van der Waals surface area contributed by atoms with Crippen LogP contribution in [0.15, 0.2) is 24.3 Å². The molecule has 28 heavy (non-hydrogen) atoms. The molecule has 4 saturated carbocycles. The molecule has 0 aromatic heterocycles. The summed E-state index contributed by atoms with van der Waals surface area (Å²) in [4.78, 5) is 12.5. The number of Topliss-reactive ketones (excluding diaryl/α,β-unsaturated/α-hetero) is 1. The van der Waals surface area contributed by atoms with E-state index in [4.69, 9.17) is 0 Å². The molecule has 0 radical (unpaired) electrons. The van der Waals surface area contributed by atoms with E-state index in [1.54, 1.807) is 0 Å². The van der Waals surface area contributed by atoms with Gasteiger partial charge in [0, 0.05) is 29.2 Å². The van der Waals surface area contributed by atoms with Crippen molar-refractivity contribution < 1.29 is 15.0 Å². The van der Waals surface area contributed by atoms with Gasteiger partial charge in [0.25, 0.3) is 0 Å². The number of rotatable bonds is 6. The Morgan fingerprint density at radius 3 is 2.36 bits per heavy atom. The van der Waals surface area contributed by atoms with E-state index in [0.717, 1.165) is 31.2 Å². The molecule has 0 unspecified atom stereocenters. The normalized spacial score (nSPS) is 30.1. The van der Waals surface area contributed by atoms with E-state index in [9.17, 15) is 15.0 Å². The number of hydrogen-bond acceptors (Lipinski definition) is 3. The van der Waals surface area contributed by atoms with Gasteiger partial charge >= 0.3 is 0 Å². The summed E-state index contributed by atoms with van der Waals surface area (Å²) in [5, 5.41) is 21.8. The Hall–Kier alpha value is -1.77. The third kappa shape index (κ3) is 2.89. The third-order valence-electron chi connectivity index (χ3n) is 8.13. The van der Waals surface area contributed by atoms with Gasteiger partial charge in [-0.3, -0.25) is 4.79 Å². The molecule has 2 bridgehead atoms. The van der Waals surface area contributed by atoms with Crippen molar-refractivity contribution in [3.8, 4) is 11.5 Å². The van der Waals surface area contributed by atoms with Gasteiger partial charge in [-0.05, 0) is 54.7 Å². The van der Waals surface area contributed by atoms with Crippen molar-refractivity contribution in [1.82, 2.24) is 0 Å². The molecule has 152 valence electrons. The van der Waals surface area contributed by atoms with Crippen LogP contribution >= 0.6 is 0 Å². The fourth-order valence-corrected chi connectivity index (χ4v) is 6.02. The minimum absolute atomic E-state index is 0.0330. The number of carbonyl (C=O) groups excluding carboxylic acids is 1. The lowest BCUT2D eigenvalue weighted by Gasteiger charge is -2.59. The number of aromatic hydroxyl groups is 2. The largest absolute Gasteiger partial charge is 0.508 e. The van der Waals surface area contributed by atoms with Crippen LogP contribution in [0, 0.1) is 17.3 Å². The Balaban J connectivity index is 1.64. The van der Waals surface area contributed by atoms with Gasteiger partial charge in [0.15, 0.2) is 0 Å². The second kappa shape index (κ2) is 6.93. The van der Waals surface area contributed by atoms with E-state index >= 15 is 0 Å². The van der Waals surface area contributed by atoms with Crippen molar-refractivity contribution in [3.63, 3.8) is 0 Å². The second-order valence-corrected chi connectivity index (χ2v) is 9.98. The summed E-state index contributed by atoms with van der Waals surface area (Å²) in [5.41, 5.74) is 1.52. The number of ketones is 1. The van der Waals surface area contributed by atoms with Gasteiger partial charge in [-0.2, -0.15) is 0 Å². The van der Waals surface area contributed by atoms with E-state index in [-0.39, 0.29) is 39.9 Å². The molecule has 0 aliphatic heterocycles. The van der Waals surface area contributed by atoms with Crippen LogP contribution in [-0.2, 0) is 10.2 Å². The summed E-state index contributed by atoms with van der Waals surface area (Å²) in [6.45, 7) is 6.51. The van der Waals surface area contributed by atoms with Gasteiger partial charge in [0.2, 0.25) is 0 Å². The number of unbranched alkanes of at least 4 members (excludes halogenated alkanes) is 2. The summed E-state index contributed by atoms with van der Waals surface area (Å²) >= 11 is 0. The first-order valence-corrected chi connectivity index (χ1v) is 11.1. The smallest absolute Gasteiger partial charge is 0.137 e. The Labute approximate surface area is 168 Å². The molecule has 0 spiro atoms. The Morgan fingerprint density at radius 2 is 1.86 bits per heavy atom. The lowest BCUT2D eigenvalue weighted by Crippen LogP contribution is -2.56. The number of allylic oxidation sites excluding steroid dienone is 2. The van der Waals surface area contributed by atoms with Gasteiger partial charge in [-0.15, -0.1) is 0 Å². The van der Waals surface area contributed by atoms with Crippen LogP contribution in [0.5, 0.6) is 11.5 Å². The monoisotopic (exact) mass is 382 g/mol. The van der Waals surface area contributed by atoms with Crippen LogP contribution in [0.1, 0.15) is 89.2 Å². The minimum Gasteiger partial charge on any atom is -0.508 e. The average Bonchev–Trinajstić information content (AvgIpc) is 2.59. The quantitative estimate of drug-likeness (QED) is 0.470. The Kier molecular flexibility index (Phi) is 4.84. The predicted octanol–water partition coefficient (Wildman–Crippen LogP) is 5.98. The summed E-state index contributed by atoms with van der Waals surface area (Å²) < 4.78 is 0. The van der Waals surface area contributed by atoms with Crippen molar-refractivity contribution in [2.75, 3.05) is 0 Å². The average molecular weight is 383 g/mol. The Bertz CT molecular complexity index is 777. The first-order chi connectivity index (χ1) is 13.3. The molecule has 0 heterocycles. The zero-order valence-corrected chi connectivity index (χ0v) is 17.5. The maximum absolute atomic E-state index is 12.5. The van der Waals surface area contributed by atoms with Crippen LogP contribution in [0.2, 0.25) is 0 Å². The van der Waals surface area contributed by atoms with E-state index < -0.39 is 0 Å². The van der Waals surface area contributed by atoms with Gasteiger partial charge in [-0.25, -0.2) is 0 Å². The van der Waals surface area contributed by atoms with Gasteiger partial charge in [0.05, 0.1) is 0 Å². The number of carbonyl (C=O) groups is 1. The highest BCUT2D eigenvalue weighted by Gasteiger charge is 2.59. The van der Waals surface area contributed by atoms with Crippen LogP contribution in [0.25, 0.3) is 0 Å². The molecule has 4 aliphatic rings. The zero-order chi connectivity index (χ0) is 20.1. The van der Waals surface area contributed by atoms with Crippen LogP contribution < -0.4 is 0 Å². The highest BCUT2D eigenvalue weighted by atomic mass is 16.3. The maximum Gasteiger partial charge on any atom is 0.137 e. The van der Waals surface area contributed by atoms with Crippen molar-refractivity contribution in [1.29, 1.82) is 0 Å². The second-order valence-electron chi connectivity index (χ2n) is 9.98. The van der Waals surface area contributed by atoms with Crippen LogP contribution in [-0.4, -0.2) is 16.0 Å². The fourth-order valence-electron chi connectivity index (χ4n) is 6.02. The number of phenolic OH excluding ortho intramolecular Hbond substituents is 2. The lowest BCUT2D eigenvalue weighted by atomic mass is 9.44. The van der Waals surface area contributed by atoms with Crippen molar-refractivity contribution in [2.24, 2.45) is 17.3 Å². The third-order valence-corrected chi connectivity index (χ3v) is 8.13. The highest BCUT2D eigenvalue weighted by molar-refractivity contribution is 5.86. The number of phenols is 2. The topological polar surface area (TPSA) is 57.5 Å². The van der Waals surface area contributed by atoms with Gasteiger partial charge in [0.1, 0.15) is 17.3 Å². The van der Waals surface area contributed by atoms with E-state index in [1.807, 2.05) is 12.1 Å². The molecule has 2 N–H and O–H groups in total. The van der Waals surface area contributed by atoms with Gasteiger partial charge < -0.3 is 10.2 Å².